The van der Waals surface area contributed by atoms with Gasteiger partial charge in [-0.2, -0.15) is 0 Å². The van der Waals surface area contributed by atoms with Gasteiger partial charge in [-0.25, -0.2) is 4.79 Å². The lowest BCUT2D eigenvalue weighted by Crippen LogP contribution is -2.46. The van der Waals surface area contributed by atoms with Gasteiger partial charge in [-0.15, -0.1) is 0 Å². The first-order valence-corrected chi connectivity index (χ1v) is 15.5. The van der Waals surface area contributed by atoms with Crippen LogP contribution in [0.2, 0.25) is 0 Å². The quantitative estimate of drug-likeness (QED) is 0.341. The molecule has 2 saturated heterocycles. The number of piperidine rings is 1. The van der Waals surface area contributed by atoms with Crippen molar-refractivity contribution in [1.82, 2.24) is 15.1 Å². The van der Waals surface area contributed by atoms with Gasteiger partial charge in [0, 0.05) is 37.2 Å². The van der Waals surface area contributed by atoms with Crippen molar-refractivity contribution in [3.63, 3.8) is 0 Å². The van der Waals surface area contributed by atoms with Gasteiger partial charge in [0.05, 0.1) is 20.3 Å². The minimum absolute atomic E-state index is 0.0129. The average Bonchev–Trinajstić information content (AvgIpc) is 3.48. The van der Waals surface area contributed by atoms with Crippen LogP contribution < -0.4 is 14.8 Å². The van der Waals surface area contributed by atoms with E-state index in [1.165, 1.54) is 16.7 Å². The first-order chi connectivity index (χ1) is 21.1. The molecular formula is C36H45N3O5. The Morgan fingerprint density at radius 3 is 2.00 bits per heavy atom. The van der Waals surface area contributed by atoms with Crippen molar-refractivity contribution in [2.24, 2.45) is 0 Å². The molecule has 1 N–H and O–H groups in total. The summed E-state index contributed by atoms with van der Waals surface area (Å²) in [5, 5.41) is 2.89. The molecule has 234 valence electrons. The number of methoxy groups -OCH3 is 2. The molecule has 0 saturated carbocycles. The zero-order valence-corrected chi connectivity index (χ0v) is 26.6. The van der Waals surface area contributed by atoms with Gasteiger partial charge in [-0.3, -0.25) is 9.69 Å². The summed E-state index contributed by atoms with van der Waals surface area (Å²) < 4.78 is 16.3. The number of benzene rings is 3. The van der Waals surface area contributed by atoms with Crippen LogP contribution in [0.4, 0.5) is 4.79 Å². The molecule has 2 heterocycles. The molecule has 0 aromatic heterocycles. The van der Waals surface area contributed by atoms with Gasteiger partial charge >= 0.3 is 6.09 Å². The van der Waals surface area contributed by atoms with Crippen molar-refractivity contribution in [1.29, 1.82) is 0 Å². The maximum atomic E-state index is 13.3. The minimum Gasteiger partial charge on any atom is -0.497 e. The largest absolute Gasteiger partial charge is 0.497 e. The zero-order chi connectivity index (χ0) is 31.3. The second kappa shape index (κ2) is 13.3. The monoisotopic (exact) mass is 599 g/mol. The Kier molecular flexibility index (Phi) is 9.49. The number of likely N-dealkylation sites (tertiary alicyclic amines) is 2. The number of carbonyl (C=O) groups excluding carboxylic acids is 2. The van der Waals surface area contributed by atoms with Gasteiger partial charge in [0.2, 0.25) is 0 Å². The van der Waals surface area contributed by atoms with Crippen LogP contribution in [-0.4, -0.2) is 73.8 Å². The molecule has 2 fully saturated rings. The summed E-state index contributed by atoms with van der Waals surface area (Å²) in [5.41, 5.74) is 3.68. The van der Waals surface area contributed by atoms with E-state index in [0.717, 1.165) is 44.0 Å². The minimum atomic E-state index is -0.555. The van der Waals surface area contributed by atoms with Crippen LogP contribution in [0.25, 0.3) is 0 Å². The Labute approximate surface area is 261 Å². The van der Waals surface area contributed by atoms with Gasteiger partial charge in [0.15, 0.2) is 0 Å². The van der Waals surface area contributed by atoms with Crippen molar-refractivity contribution in [3.8, 4) is 11.5 Å². The molecule has 3 aromatic carbocycles. The van der Waals surface area contributed by atoms with Crippen molar-refractivity contribution in [3.05, 3.63) is 95.1 Å². The molecule has 2 aliphatic heterocycles. The fraction of sp³-hybridized carbons (Fsp3) is 0.444. The Morgan fingerprint density at radius 1 is 0.864 bits per heavy atom. The summed E-state index contributed by atoms with van der Waals surface area (Å²) in [7, 11) is 3.39. The SMILES string of the molecule is COc1ccc(C2(c3ccc(OC)cc3)CCCN(Cc3ccc(C(=O)N4CCC(NC(=O)OC(C)(C)C)C4)cc3)C2)cc1. The molecule has 5 rings (SSSR count). The van der Waals surface area contributed by atoms with E-state index in [1.54, 1.807) is 19.1 Å². The van der Waals surface area contributed by atoms with Crippen molar-refractivity contribution >= 4 is 12.0 Å². The topological polar surface area (TPSA) is 80.3 Å². The highest BCUT2D eigenvalue weighted by molar-refractivity contribution is 5.94. The fourth-order valence-electron chi connectivity index (χ4n) is 6.47. The number of alkyl carbamates (subject to hydrolysis) is 1. The third-order valence-electron chi connectivity index (χ3n) is 8.66. The van der Waals surface area contributed by atoms with Crippen LogP contribution in [0.3, 0.4) is 0 Å². The summed E-state index contributed by atoms with van der Waals surface area (Å²) in [6.45, 7) is 9.29. The number of nitrogens with zero attached hydrogens (tertiary/aromatic N) is 2. The smallest absolute Gasteiger partial charge is 0.407 e. The molecule has 1 atom stereocenters. The second-order valence-electron chi connectivity index (χ2n) is 12.9. The Balaban J connectivity index is 1.25. The van der Waals surface area contributed by atoms with Crippen LogP contribution in [0.15, 0.2) is 72.8 Å². The molecule has 0 radical (unpaired) electrons. The summed E-state index contributed by atoms with van der Waals surface area (Å²) in [5.74, 6) is 1.69. The Morgan fingerprint density at radius 2 is 1.45 bits per heavy atom. The molecule has 3 aromatic rings. The maximum Gasteiger partial charge on any atom is 0.407 e. The average molecular weight is 600 g/mol. The number of carbonyl (C=O) groups is 2. The number of rotatable bonds is 8. The zero-order valence-electron chi connectivity index (χ0n) is 26.6. The summed E-state index contributed by atoms with van der Waals surface area (Å²) >= 11 is 0. The number of nitrogens with one attached hydrogen (secondary N) is 1. The van der Waals surface area contributed by atoms with E-state index in [0.29, 0.717) is 25.1 Å². The van der Waals surface area contributed by atoms with Gasteiger partial charge in [-0.1, -0.05) is 36.4 Å². The first kappa shape index (κ1) is 31.4. The Bertz CT molecular complexity index is 1370. The third-order valence-corrected chi connectivity index (χ3v) is 8.66. The van der Waals surface area contributed by atoms with E-state index < -0.39 is 11.7 Å². The molecule has 0 aliphatic carbocycles. The van der Waals surface area contributed by atoms with Gasteiger partial charge in [0.1, 0.15) is 17.1 Å². The van der Waals surface area contributed by atoms with Gasteiger partial charge in [0.25, 0.3) is 5.91 Å². The lowest BCUT2D eigenvalue weighted by molar-refractivity contribution is 0.0502. The van der Waals surface area contributed by atoms with Crippen LogP contribution in [0.5, 0.6) is 11.5 Å². The van der Waals surface area contributed by atoms with Gasteiger partial charge in [-0.05, 0) is 99.7 Å². The van der Waals surface area contributed by atoms with Crippen LogP contribution in [0.1, 0.15) is 67.1 Å². The molecular weight excluding hydrogens is 554 g/mol. The molecule has 2 aliphatic rings. The standard InChI is InChI=1S/C36H45N3O5/c1-35(2,3)44-34(41)37-30-19-22-39(24-30)33(40)27-9-7-26(8-10-27)23-38-21-6-20-36(25-38,28-11-15-31(42-4)16-12-28)29-13-17-32(43-5)18-14-29/h7-18,30H,6,19-25H2,1-5H3,(H,37,41). The van der Waals surface area contributed by atoms with E-state index in [-0.39, 0.29) is 17.4 Å². The number of hydrogen-bond acceptors (Lipinski definition) is 6. The van der Waals surface area contributed by atoms with Crippen LogP contribution >= 0.6 is 0 Å². The fourth-order valence-corrected chi connectivity index (χ4v) is 6.47. The highest BCUT2D eigenvalue weighted by Gasteiger charge is 2.39. The summed E-state index contributed by atoms with van der Waals surface area (Å²) in [6.07, 6.45) is 2.39. The normalized spacial score (nSPS) is 18.5. The molecule has 0 bridgehead atoms. The predicted octanol–water partition coefficient (Wildman–Crippen LogP) is 6.03. The van der Waals surface area contributed by atoms with E-state index in [9.17, 15) is 9.59 Å². The second-order valence-corrected chi connectivity index (χ2v) is 12.9. The van der Waals surface area contributed by atoms with E-state index in [1.807, 2.05) is 57.2 Å². The molecule has 1 unspecified atom stereocenters. The predicted molar refractivity (Wildman–Crippen MR) is 171 cm³/mol. The molecule has 0 spiro atoms. The van der Waals surface area contributed by atoms with E-state index >= 15 is 0 Å². The summed E-state index contributed by atoms with van der Waals surface area (Å²) in [6, 6.07) is 24.8. The van der Waals surface area contributed by atoms with Gasteiger partial charge < -0.3 is 24.4 Å². The van der Waals surface area contributed by atoms with Crippen LogP contribution in [-0.2, 0) is 16.7 Å². The Hall–Kier alpha value is -4.04. The molecule has 44 heavy (non-hydrogen) atoms. The molecule has 8 nitrogen and oxygen atoms in total. The maximum absolute atomic E-state index is 13.3. The van der Waals surface area contributed by atoms with E-state index in [2.05, 4.69) is 46.6 Å². The highest BCUT2D eigenvalue weighted by atomic mass is 16.6. The lowest BCUT2D eigenvalue weighted by Gasteiger charge is -2.44. The third kappa shape index (κ3) is 7.36. The number of ether oxygens (including phenoxy) is 3. The molecule has 2 amide bonds. The summed E-state index contributed by atoms with van der Waals surface area (Å²) in [4.78, 5) is 29.7. The number of hydrogen-bond donors (Lipinski definition) is 1. The van der Waals surface area contributed by atoms with Crippen molar-refractivity contribution < 1.29 is 23.8 Å². The van der Waals surface area contributed by atoms with Crippen molar-refractivity contribution in [2.45, 2.75) is 63.6 Å². The first-order valence-electron chi connectivity index (χ1n) is 15.5. The number of amides is 2. The lowest BCUT2D eigenvalue weighted by atomic mass is 9.69. The molecule has 8 heteroatoms. The highest BCUT2D eigenvalue weighted by Crippen LogP contribution is 2.42. The van der Waals surface area contributed by atoms with Crippen LogP contribution in [0, 0.1) is 0 Å². The van der Waals surface area contributed by atoms with Crippen molar-refractivity contribution in [2.75, 3.05) is 40.4 Å². The van der Waals surface area contributed by atoms with E-state index in [4.69, 9.17) is 14.2 Å².